The molecule has 1 spiro atoms. The van der Waals surface area contributed by atoms with E-state index in [-0.39, 0.29) is 44.0 Å². The highest BCUT2D eigenvalue weighted by Crippen LogP contribution is 2.34. The number of nitrogens with one attached hydrogen (secondary N) is 3. The number of carbonyl (C=O) groups excluding carboxylic acids is 4. The Bertz CT molecular complexity index is 601. The summed E-state index contributed by atoms with van der Waals surface area (Å²) in [6, 6.07) is -0.664. The molecule has 0 aromatic rings. The van der Waals surface area contributed by atoms with Crippen LogP contribution in [-0.2, 0) is 14.3 Å². The van der Waals surface area contributed by atoms with Crippen molar-refractivity contribution in [3.63, 3.8) is 0 Å². The molecule has 0 aromatic carbocycles. The molecule has 9 nitrogen and oxygen atoms in total. The van der Waals surface area contributed by atoms with Crippen LogP contribution in [0, 0.1) is 5.92 Å². The first kappa shape index (κ1) is 22.0. The molecule has 1 atom stereocenters. The molecule has 1 aliphatic carbocycles. The van der Waals surface area contributed by atoms with Gasteiger partial charge in [0.05, 0.1) is 6.61 Å². The molecule has 3 N–H and O–H groups in total. The van der Waals surface area contributed by atoms with Crippen LogP contribution < -0.4 is 16.0 Å². The topological polar surface area (TPSA) is 117 Å². The summed E-state index contributed by atoms with van der Waals surface area (Å²) in [6.07, 6.45) is 3.38. The smallest absolute Gasteiger partial charge is 0.407 e. The average Bonchev–Trinajstić information content (AvgIpc) is 3.17. The Balaban J connectivity index is 1.79. The Hall–Kier alpha value is -2.32. The highest BCUT2D eigenvalue weighted by Gasteiger charge is 2.52. The molecule has 1 unspecified atom stereocenters. The molecule has 158 valence electrons. The summed E-state index contributed by atoms with van der Waals surface area (Å²) >= 11 is 0. The molecule has 1 saturated heterocycles. The van der Waals surface area contributed by atoms with Crippen LogP contribution >= 0.6 is 0 Å². The van der Waals surface area contributed by atoms with Crippen LogP contribution in [0.4, 0.5) is 9.59 Å². The third kappa shape index (κ3) is 5.59. The SMILES string of the molecule is CCOC(=O)NC(CNC(=O)CCN1C(=O)NC2(CCCC2)C1=O)CC(C)C. The van der Waals surface area contributed by atoms with Crippen molar-refractivity contribution in [3.8, 4) is 0 Å². The predicted molar refractivity (Wildman–Crippen MR) is 102 cm³/mol. The minimum atomic E-state index is -0.751. The van der Waals surface area contributed by atoms with Gasteiger partial charge in [-0.05, 0) is 32.1 Å². The second-order valence-electron chi connectivity index (χ2n) is 7.92. The number of imide groups is 1. The Morgan fingerprint density at radius 1 is 1.25 bits per heavy atom. The van der Waals surface area contributed by atoms with E-state index < -0.39 is 17.7 Å². The third-order valence-corrected chi connectivity index (χ3v) is 5.16. The number of amides is 5. The standard InChI is InChI=1S/C19H32N4O5/c1-4-28-18(27)21-14(11-13(2)3)12-20-15(24)7-10-23-16(25)19(22-17(23)26)8-5-6-9-19/h13-14H,4-12H2,1-3H3,(H,20,24)(H,21,27)(H,22,26). The average molecular weight is 396 g/mol. The van der Waals surface area contributed by atoms with Crippen molar-refractivity contribution in [2.75, 3.05) is 19.7 Å². The van der Waals surface area contributed by atoms with Gasteiger partial charge >= 0.3 is 12.1 Å². The van der Waals surface area contributed by atoms with Crippen LogP contribution in [0.2, 0.25) is 0 Å². The molecule has 5 amide bonds. The fourth-order valence-electron chi connectivity index (χ4n) is 3.84. The van der Waals surface area contributed by atoms with Gasteiger partial charge in [0.2, 0.25) is 5.91 Å². The van der Waals surface area contributed by atoms with Crippen LogP contribution in [0.15, 0.2) is 0 Å². The lowest BCUT2D eigenvalue weighted by atomic mass is 9.98. The zero-order chi connectivity index (χ0) is 20.7. The van der Waals surface area contributed by atoms with Gasteiger partial charge < -0.3 is 20.7 Å². The first-order valence-electron chi connectivity index (χ1n) is 10.1. The minimum absolute atomic E-state index is 0.0308. The van der Waals surface area contributed by atoms with Crippen LogP contribution in [0.3, 0.4) is 0 Å². The van der Waals surface area contributed by atoms with Gasteiger partial charge in [0.1, 0.15) is 5.54 Å². The van der Waals surface area contributed by atoms with Gasteiger partial charge in [0.25, 0.3) is 5.91 Å². The van der Waals surface area contributed by atoms with Crippen molar-refractivity contribution in [1.29, 1.82) is 0 Å². The van der Waals surface area contributed by atoms with Crippen molar-refractivity contribution in [2.24, 2.45) is 5.92 Å². The monoisotopic (exact) mass is 396 g/mol. The first-order chi connectivity index (χ1) is 13.3. The molecule has 1 aliphatic heterocycles. The van der Waals surface area contributed by atoms with Gasteiger partial charge in [-0.3, -0.25) is 14.5 Å². The molecule has 1 heterocycles. The highest BCUT2D eigenvalue weighted by molar-refractivity contribution is 6.07. The summed E-state index contributed by atoms with van der Waals surface area (Å²) in [5.41, 5.74) is -0.751. The molecule has 28 heavy (non-hydrogen) atoms. The Labute approximate surface area is 165 Å². The molecule has 2 rings (SSSR count). The van der Waals surface area contributed by atoms with E-state index in [4.69, 9.17) is 4.74 Å². The maximum absolute atomic E-state index is 12.6. The number of hydrogen-bond donors (Lipinski definition) is 3. The molecular weight excluding hydrogens is 364 g/mol. The number of alkyl carbamates (subject to hydrolysis) is 1. The predicted octanol–water partition coefficient (Wildman–Crippen LogP) is 1.52. The van der Waals surface area contributed by atoms with E-state index in [1.807, 2.05) is 13.8 Å². The van der Waals surface area contributed by atoms with E-state index in [0.717, 1.165) is 17.7 Å². The summed E-state index contributed by atoms with van der Waals surface area (Å²) in [4.78, 5) is 49.7. The highest BCUT2D eigenvalue weighted by atomic mass is 16.5. The fourth-order valence-corrected chi connectivity index (χ4v) is 3.84. The van der Waals surface area contributed by atoms with Crippen molar-refractivity contribution >= 4 is 23.9 Å². The molecular formula is C19H32N4O5. The lowest BCUT2D eigenvalue weighted by Gasteiger charge is -2.21. The number of ether oxygens (including phenoxy) is 1. The lowest BCUT2D eigenvalue weighted by Crippen LogP contribution is -2.45. The van der Waals surface area contributed by atoms with Crippen molar-refractivity contribution in [3.05, 3.63) is 0 Å². The van der Waals surface area contributed by atoms with Gasteiger partial charge in [-0.1, -0.05) is 26.7 Å². The van der Waals surface area contributed by atoms with Gasteiger partial charge in [0, 0.05) is 25.6 Å². The van der Waals surface area contributed by atoms with E-state index >= 15 is 0 Å². The molecule has 0 bridgehead atoms. The number of nitrogens with zero attached hydrogens (tertiary/aromatic N) is 1. The van der Waals surface area contributed by atoms with E-state index in [2.05, 4.69) is 16.0 Å². The summed E-state index contributed by atoms with van der Waals surface area (Å²) in [5.74, 6) is -0.158. The minimum Gasteiger partial charge on any atom is -0.450 e. The summed E-state index contributed by atoms with van der Waals surface area (Å²) in [7, 11) is 0. The normalized spacial score (nSPS) is 19.1. The number of urea groups is 1. The zero-order valence-electron chi connectivity index (χ0n) is 17.0. The molecule has 1 saturated carbocycles. The second kappa shape index (κ2) is 9.75. The quantitative estimate of drug-likeness (QED) is 0.511. The van der Waals surface area contributed by atoms with E-state index in [9.17, 15) is 19.2 Å². The first-order valence-corrected chi connectivity index (χ1v) is 10.1. The van der Waals surface area contributed by atoms with Crippen LogP contribution in [-0.4, -0.2) is 60.1 Å². The number of hydrogen-bond acceptors (Lipinski definition) is 5. The van der Waals surface area contributed by atoms with Crippen LogP contribution in [0.1, 0.15) is 59.3 Å². The Morgan fingerprint density at radius 2 is 1.93 bits per heavy atom. The van der Waals surface area contributed by atoms with Crippen LogP contribution in [0.5, 0.6) is 0 Å². The summed E-state index contributed by atoms with van der Waals surface area (Å²) in [5, 5.41) is 8.32. The molecule has 0 radical (unpaired) electrons. The zero-order valence-corrected chi connectivity index (χ0v) is 17.0. The van der Waals surface area contributed by atoms with Gasteiger partial charge in [0.15, 0.2) is 0 Å². The maximum Gasteiger partial charge on any atom is 0.407 e. The third-order valence-electron chi connectivity index (χ3n) is 5.16. The van der Waals surface area contributed by atoms with Gasteiger partial charge in [-0.2, -0.15) is 0 Å². The Morgan fingerprint density at radius 3 is 2.54 bits per heavy atom. The summed E-state index contributed by atoms with van der Waals surface area (Å²) < 4.78 is 4.89. The van der Waals surface area contributed by atoms with Crippen molar-refractivity contribution in [1.82, 2.24) is 20.9 Å². The van der Waals surface area contributed by atoms with Gasteiger partial charge in [-0.25, -0.2) is 9.59 Å². The number of rotatable bonds is 9. The van der Waals surface area contributed by atoms with Crippen molar-refractivity contribution in [2.45, 2.75) is 70.9 Å². The molecule has 2 fully saturated rings. The van der Waals surface area contributed by atoms with Crippen molar-refractivity contribution < 1.29 is 23.9 Å². The second-order valence-corrected chi connectivity index (χ2v) is 7.92. The van der Waals surface area contributed by atoms with E-state index in [1.54, 1.807) is 6.92 Å². The largest absolute Gasteiger partial charge is 0.450 e. The molecule has 0 aromatic heterocycles. The van der Waals surface area contributed by atoms with Gasteiger partial charge in [-0.15, -0.1) is 0 Å². The van der Waals surface area contributed by atoms with E-state index in [1.165, 1.54) is 0 Å². The lowest BCUT2D eigenvalue weighted by molar-refractivity contribution is -0.131. The molecule has 9 heteroatoms. The van der Waals surface area contributed by atoms with Crippen LogP contribution in [0.25, 0.3) is 0 Å². The Kier molecular flexibility index (Phi) is 7.65. The summed E-state index contributed by atoms with van der Waals surface area (Å²) in [6.45, 7) is 6.37. The maximum atomic E-state index is 12.6. The molecule has 2 aliphatic rings. The number of carbonyl (C=O) groups is 4. The fraction of sp³-hybridized carbons (Fsp3) is 0.789. The van der Waals surface area contributed by atoms with E-state index in [0.29, 0.717) is 25.2 Å².